The molecule has 8 heteroatoms. The van der Waals surface area contributed by atoms with Crippen LogP contribution in [0.3, 0.4) is 0 Å². The lowest BCUT2D eigenvalue weighted by atomic mass is 9.97. The van der Waals surface area contributed by atoms with Crippen molar-refractivity contribution in [3.05, 3.63) is 29.1 Å². The quantitative estimate of drug-likeness (QED) is 0.858. The van der Waals surface area contributed by atoms with E-state index in [-0.39, 0.29) is 17.4 Å². The molecule has 0 saturated carbocycles. The van der Waals surface area contributed by atoms with E-state index in [0.717, 1.165) is 11.1 Å². The number of phenolic OH excluding ortho intramolecular Hbond substituents is 2. The van der Waals surface area contributed by atoms with Crippen molar-refractivity contribution < 1.29 is 15.1 Å². The summed E-state index contributed by atoms with van der Waals surface area (Å²) >= 11 is 0. The summed E-state index contributed by atoms with van der Waals surface area (Å²) in [7, 11) is 0. The van der Waals surface area contributed by atoms with E-state index in [1.807, 2.05) is 27.7 Å². The lowest BCUT2D eigenvalue weighted by Crippen LogP contribution is -2.18. The Hall–Kier alpha value is -2.61. The van der Waals surface area contributed by atoms with Gasteiger partial charge in [0.2, 0.25) is 5.82 Å². The number of likely N-dealkylation sites (N-methyl/N-ethyl adjacent to an activating group) is 1. The minimum atomic E-state index is -0.0461. The molecular weight excluding hydrogens is 322 g/mol. The average Bonchev–Trinajstić information content (AvgIpc) is 3.20. The lowest BCUT2D eigenvalue weighted by Gasteiger charge is -2.16. The molecule has 1 aromatic heterocycles. The summed E-state index contributed by atoms with van der Waals surface area (Å²) in [6.07, 6.45) is 0. The summed E-state index contributed by atoms with van der Waals surface area (Å²) in [6.45, 7) is 9.66. The van der Waals surface area contributed by atoms with E-state index in [0.29, 0.717) is 36.8 Å². The predicted molar refractivity (Wildman–Crippen MR) is 92.5 cm³/mol. The van der Waals surface area contributed by atoms with E-state index < -0.39 is 0 Å². The van der Waals surface area contributed by atoms with Gasteiger partial charge < -0.3 is 15.1 Å². The maximum Gasteiger partial charge on any atom is 0.206 e. The fraction of sp³-hybridized carbons (Fsp3) is 0.471. The highest BCUT2D eigenvalue weighted by Crippen LogP contribution is 2.41. The topological polar surface area (TPSA) is 96.5 Å². The molecule has 1 aliphatic rings. The zero-order valence-corrected chi connectivity index (χ0v) is 14.9. The Kier molecular flexibility index (Phi) is 4.63. The van der Waals surface area contributed by atoms with Crippen molar-refractivity contribution in [2.75, 3.05) is 13.1 Å². The fourth-order valence-corrected chi connectivity index (χ4v) is 2.76. The minimum Gasteiger partial charge on any atom is -0.508 e. The first-order valence-electron chi connectivity index (χ1n) is 8.45. The van der Waals surface area contributed by atoms with Gasteiger partial charge in [0.1, 0.15) is 11.5 Å². The lowest BCUT2D eigenvalue weighted by molar-refractivity contribution is -0.0556. The third kappa shape index (κ3) is 3.17. The minimum absolute atomic E-state index is 0.0461. The van der Waals surface area contributed by atoms with Crippen molar-refractivity contribution in [3.63, 3.8) is 0 Å². The second kappa shape index (κ2) is 6.72. The molecule has 134 valence electrons. The van der Waals surface area contributed by atoms with Gasteiger partial charge in [-0.3, -0.25) is 0 Å². The molecule has 25 heavy (non-hydrogen) atoms. The number of phenols is 2. The summed E-state index contributed by atoms with van der Waals surface area (Å²) in [5, 5.41) is 34.7. The van der Waals surface area contributed by atoms with E-state index in [4.69, 9.17) is 4.84 Å². The fourth-order valence-electron chi connectivity index (χ4n) is 2.76. The second-order valence-electron chi connectivity index (χ2n) is 6.24. The average molecular weight is 345 g/mol. The van der Waals surface area contributed by atoms with Crippen molar-refractivity contribution in [2.24, 2.45) is 0 Å². The number of nitrogens with zero attached hydrogens (tertiary/aromatic N) is 5. The molecular formula is C17H23N5O3. The number of benzene rings is 1. The molecule has 0 saturated heterocycles. The molecule has 2 heterocycles. The van der Waals surface area contributed by atoms with Gasteiger partial charge in [-0.1, -0.05) is 13.8 Å². The van der Waals surface area contributed by atoms with Gasteiger partial charge in [0, 0.05) is 12.6 Å². The van der Waals surface area contributed by atoms with Crippen molar-refractivity contribution in [2.45, 2.75) is 40.2 Å². The molecule has 8 nitrogen and oxygen atoms in total. The van der Waals surface area contributed by atoms with Crippen LogP contribution in [0.15, 0.2) is 12.1 Å². The van der Waals surface area contributed by atoms with Gasteiger partial charge >= 0.3 is 0 Å². The summed E-state index contributed by atoms with van der Waals surface area (Å²) in [4.78, 5) is 7.42. The Morgan fingerprint density at radius 3 is 2.52 bits per heavy atom. The Balaban J connectivity index is 2.13. The van der Waals surface area contributed by atoms with Crippen LogP contribution >= 0.6 is 0 Å². The standard InChI is InChI=1S/C17H23N5O3/c1-5-21-9-13(17-18-20-22(6-2)19-17)16(25-21)12-7-11(10(3)4)14(23)8-15(12)24/h7-8,10,23-24H,5-6,9H2,1-4H3. The van der Waals surface area contributed by atoms with Crippen LogP contribution in [-0.2, 0) is 11.4 Å². The van der Waals surface area contributed by atoms with Crippen LogP contribution in [0.5, 0.6) is 11.5 Å². The van der Waals surface area contributed by atoms with Crippen LogP contribution in [0.2, 0.25) is 0 Å². The number of aryl methyl sites for hydroxylation is 1. The molecule has 2 aromatic rings. The van der Waals surface area contributed by atoms with Gasteiger partial charge in [-0.25, -0.2) is 0 Å². The van der Waals surface area contributed by atoms with Crippen molar-refractivity contribution in [3.8, 4) is 11.5 Å². The van der Waals surface area contributed by atoms with Gasteiger partial charge in [0.25, 0.3) is 0 Å². The van der Waals surface area contributed by atoms with Crippen LogP contribution in [0, 0.1) is 0 Å². The molecule has 1 aromatic carbocycles. The highest BCUT2D eigenvalue weighted by molar-refractivity contribution is 5.89. The Labute approximate surface area is 146 Å². The third-order valence-electron chi connectivity index (χ3n) is 4.20. The number of hydrogen-bond donors (Lipinski definition) is 2. The maximum absolute atomic E-state index is 10.4. The number of hydroxylamine groups is 2. The molecule has 0 spiro atoms. The Morgan fingerprint density at radius 1 is 1.16 bits per heavy atom. The second-order valence-corrected chi connectivity index (χ2v) is 6.24. The summed E-state index contributed by atoms with van der Waals surface area (Å²) in [6, 6.07) is 3.11. The number of aromatic nitrogens is 4. The molecule has 0 unspecified atom stereocenters. The van der Waals surface area contributed by atoms with E-state index >= 15 is 0 Å². The van der Waals surface area contributed by atoms with E-state index in [1.54, 1.807) is 11.1 Å². The van der Waals surface area contributed by atoms with E-state index in [1.165, 1.54) is 10.9 Å². The SMILES string of the molecule is CCN1CC(c2nnn(CC)n2)=C(c2cc(C(C)C)c(O)cc2O)O1. The van der Waals surface area contributed by atoms with Gasteiger partial charge in [-0.15, -0.1) is 15.3 Å². The molecule has 1 aliphatic heterocycles. The van der Waals surface area contributed by atoms with Crippen LogP contribution in [0.4, 0.5) is 0 Å². The zero-order valence-electron chi connectivity index (χ0n) is 14.9. The molecule has 0 atom stereocenters. The summed E-state index contributed by atoms with van der Waals surface area (Å²) in [5.74, 6) is 1.10. The van der Waals surface area contributed by atoms with Crippen LogP contribution in [0.1, 0.15) is 50.6 Å². The zero-order chi connectivity index (χ0) is 18.1. The third-order valence-corrected chi connectivity index (χ3v) is 4.20. The smallest absolute Gasteiger partial charge is 0.206 e. The number of rotatable bonds is 5. The van der Waals surface area contributed by atoms with E-state index in [2.05, 4.69) is 15.4 Å². The first kappa shape index (κ1) is 17.2. The van der Waals surface area contributed by atoms with Crippen LogP contribution in [-0.4, -0.2) is 48.6 Å². The molecule has 2 N–H and O–H groups in total. The number of hydrogen-bond acceptors (Lipinski definition) is 7. The number of tetrazole rings is 1. The Morgan fingerprint density at radius 2 is 1.92 bits per heavy atom. The van der Waals surface area contributed by atoms with E-state index in [9.17, 15) is 10.2 Å². The van der Waals surface area contributed by atoms with Crippen molar-refractivity contribution in [1.29, 1.82) is 0 Å². The highest BCUT2D eigenvalue weighted by atomic mass is 16.7. The van der Waals surface area contributed by atoms with Crippen LogP contribution < -0.4 is 0 Å². The molecule has 0 bridgehead atoms. The van der Waals surface area contributed by atoms with Crippen molar-refractivity contribution in [1.82, 2.24) is 25.3 Å². The largest absolute Gasteiger partial charge is 0.508 e. The monoisotopic (exact) mass is 345 g/mol. The molecule has 0 aliphatic carbocycles. The molecule has 3 rings (SSSR count). The Bertz CT molecular complexity index is 813. The highest BCUT2D eigenvalue weighted by Gasteiger charge is 2.30. The molecule has 0 radical (unpaired) electrons. The first-order chi connectivity index (χ1) is 11.9. The summed E-state index contributed by atoms with van der Waals surface area (Å²) < 4.78 is 0. The normalized spacial score (nSPS) is 15.2. The van der Waals surface area contributed by atoms with Crippen molar-refractivity contribution >= 4 is 11.3 Å². The van der Waals surface area contributed by atoms with Gasteiger partial charge in [-0.05, 0) is 36.6 Å². The molecule has 0 amide bonds. The van der Waals surface area contributed by atoms with Gasteiger partial charge in [0.15, 0.2) is 5.76 Å². The summed E-state index contributed by atoms with van der Waals surface area (Å²) in [5.41, 5.74) is 2.01. The van der Waals surface area contributed by atoms with Crippen LogP contribution in [0.25, 0.3) is 11.3 Å². The molecule has 0 fully saturated rings. The number of aromatic hydroxyl groups is 2. The van der Waals surface area contributed by atoms with Gasteiger partial charge in [-0.2, -0.15) is 4.80 Å². The predicted octanol–water partition coefficient (Wildman–Crippen LogP) is 2.36. The van der Waals surface area contributed by atoms with Gasteiger partial charge in [0.05, 0.1) is 24.2 Å². The maximum atomic E-state index is 10.4. The first-order valence-corrected chi connectivity index (χ1v) is 8.45.